The molecule has 0 aliphatic heterocycles. The van der Waals surface area contributed by atoms with Gasteiger partial charge < -0.3 is 10.2 Å². The first-order chi connectivity index (χ1) is 8.02. The summed E-state index contributed by atoms with van der Waals surface area (Å²) in [6, 6.07) is 5.43. The van der Waals surface area contributed by atoms with Gasteiger partial charge in [-0.05, 0) is 38.3 Å². The fraction of sp³-hybridized carbons (Fsp3) is 0.714. The topological polar surface area (TPSA) is 15.3 Å². The Morgan fingerprint density at radius 2 is 2.00 bits per heavy atom. The largest absolute Gasteiger partial charge is 0.308 e. The van der Waals surface area contributed by atoms with Gasteiger partial charge in [-0.3, -0.25) is 0 Å². The summed E-state index contributed by atoms with van der Waals surface area (Å²) < 4.78 is 0. The smallest absolute Gasteiger partial charge is 0.0386 e. The van der Waals surface area contributed by atoms with E-state index in [1.807, 2.05) is 11.3 Å². The number of thiophene rings is 1. The minimum absolute atomic E-state index is 0.470. The van der Waals surface area contributed by atoms with E-state index in [1.165, 1.54) is 4.88 Å². The summed E-state index contributed by atoms with van der Waals surface area (Å²) in [5.74, 6) is 0.717. The van der Waals surface area contributed by atoms with Crippen LogP contribution in [0, 0.1) is 5.92 Å². The SMILES string of the molecule is CC(NCCN(C)C(C)C(C)C)c1cccs1. The van der Waals surface area contributed by atoms with Crippen LogP contribution in [0.4, 0.5) is 0 Å². The van der Waals surface area contributed by atoms with Crippen LogP contribution in [0.15, 0.2) is 17.5 Å². The minimum atomic E-state index is 0.470. The van der Waals surface area contributed by atoms with Gasteiger partial charge in [0.05, 0.1) is 0 Å². The third kappa shape index (κ3) is 4.78. The van der Waals surface area contributed by atoms with Crippen molar-refractivity contribution in [3.63, 3.8) is 0 Å². The number of nitrogens with one attached hydrogen (secondary N) is 1. The normalized spacial score (nSPS) is 15.5. The zero-order valence-electron chi connectivity index (χ0n) is 11.7. The average Bonchev–Trinajstić information content (AvgIpc) is 2.80. The molecule has 0 aliphatic rings. The molecule has 2 unspecified atom stereocenters. The summed E-state index contributed by atoms with van der Waals surface area (Å²) >= 11 is 1.82. The van der Waals surface area contributed by atoms with Crippen LogP contribution >= 0.6 is 11.3 Å². The van der Waals surface area contributed by atoms with E-state index in [2.05, 4.69) is 62.5 Å². The average molecular weight is 254 g/mol. The highest BCUT2D eigenvalue weighted by Gasteiger charge is 2.13. The molecule has 2 atom stereocenters. The van der Waals surface area contributed by atoms with Crippen molar-refractivity contribution in [2.24, 2.45) is 5.92 Å². The number of likely N-dealkylation sites (N-methyl/N-ethyl adjacent to an activating group) is 1. The Balaban J connectivity index is 2.24. The highest BCUT2D eigenvalue weighted by atomic mass is 32.1. The molecule has 1 rings (SSSR count). The quantitative estimate of drug-likeness (QED) is 0.802. The van der Waals surface area contributed by atoms with Crippen LogP contribution in [-0.4, -0.2) is 31.1 Å². The Bertz CT molecular complexity index is 295. The van der Waals surface area contributed by atoms with E-state index in [4.69, 9.17) is 0 Å². The highest BCUT2D eigenvalue weighted by Crippen LogP contribution is 2.17. The minimum Gasteiger partial charge on any atom is -0.308 e. The third-order valence-corrected chi connectivity index (χ3v) is 4.60. The molecule has 0 spiro atoms. The molecule has 0 saturated heterocycles. The molecule has 1 N–H and O–H groups in total. The first kappa shape index (κ1) is 14.7. The Morgan fingerprint density at radius 1 is 1.29 bits per heavy atom. The van der Waals surface area contributed by atoms with Gasteiger partial charge in [0.25, 0.3) is 0 Å². The van der Waals surface area contributed by atoms with Crippen molar-refractivity contribution >= 4 is 11.3 Å². The Hall–Kier alpha value is -0.380. The summed E-state index contributed by atoms with van der Waals surface area (Å²) in [7, 11) is 2.21. The molecule has 3 heteroatoms. The molecule has 0 fully saturated rings. The van der Waals surface area contributed by atoms with Crippen LogP contribution in [0.5, 0.6) is 0 Å². The van der Waals surface area contributed by atoms with E-state index >= 15 is 0 Å². The molecule has 17 heavy (non-hydrogen) atoms. The summed E-state index contributed by atoms with van der Waals surface area (Å²) in [6.45, 7) is 11.2. The van der Waals surface area contributed by atoms with Crippen LogP contribution < -0.4 is 5.32 Å². The lowest BCUT2D eigenvalue weighted by Crippen LogP contribution is -2.38. The monoisotopic (exact) mass is 254 g/mol. The molecule has 0 saturated carbocycles. The van der Waals surface area contributed by atoms with Crippen molar-refractivity contribution in [2.45, 2.75) is 39.8 Å². The summed E-state index contributed by atoms with van der Waals surface area (Å²) in [4.78, 5) is 3.85. The maximum atomic E-state index is 3.58. The van der Waals surface area contributed by atoms with Crippen LogP contribution in [-0.2, 0) is 0 Å². The van der Waals surface area contributed by atoms with Gasteiger partial charge in [0.1, 0.15) is 0 Å². The maximum absolute atomic E-state index is 3.58. The lowest BCUT2D eigenvalue weighted by Gasteiger charge is -2.28. The van der Waals surface area contributed by atoms with Crippen molar-refractivity contribution in [1.82, 2.24) is 10.2 Å². The summed E-state index contributed by atoms with van der Waals surface area (Å²) in [5.41, 5.74) is 0. The van der Waals surface area contributed by atoms with Crippen LogP contribution in [0.3, 0.4) is 0 Å². The lowest BCUT2D eigenvalue weighted by atomic mass is 10.1. The first-order valence-corrected chi connectivity index (χ1v) is 7.37. The molecule has 0 aliphatic carbocycles. The second-order valence-corrected chi connectivity index (χ2v) is 6.14. The van der Waals surface area contributed by atoms with E-state index in [-0.39, 0.29) is 0 Å². The van der Waals surface area contributed by atoms with E-state index in [0.29, 0.717) is 12.1 Å². The fourth-order valence-electron chi connectivity index (χ4n) is 1.81. The predicted molar refractivity (Wildman–Crippen MR) is 77.7 cm³/mol. The van der Waals surface area contributed by atoms with Crippen molar-refractivity contribution in [2.75, 3.05) is 20.1 Å². The number of hydrogen-bond acceptors (Lipinski definition) is 3. The van der Waals surface area contributed by atoms with Crippen molar-refractivity contribution in [3.05, 3.63) is 22.4 Å². The van der Waals surface area contributed by atoms with Crippen molar-refractivity contribution in [3.8, 4) is 0 Å². The number of hydrogen-bond donors (Lipinski definition) is 1. The molecule has 0 aromatic carbocycles. The second-order valence-electron chi connectivity index (χ2n) is 5.16. The van der Waals surface area contributed by atoms with Crippen LogP contribution in [0.2, 0.25) is 0 Å². The van der Waals surface area contributed by atoms with Gasteiger partial charge in [0.15, 0.2) is 0 Å². The molecule has 2 nitrogen and oxygen atoms in total. The lowest BCUT2D eigenvalue weighted by molar-refractivity contribution is 0.207. The number of rotatable bonds is 7. The van der Waals surface area contributed by atoms with E-state index in [9.17, 15) is 0 Å². The standard InChI is InChI=1S/C14H26N2S/c1-11(2)13(4)16(5)9-8-15-12(3)14-7-6-10-17-14/h6-7,10-13,15H,8-9H2,1-5H3. The van der Waals surface area contributed by atoms with Gasteiger partial charge in [-0.2, -0.15) is 0 Å². The van der Waals surface area contributed by atoms with Gasteiger partial charge in [0.2, 0.25) is 0 Å². The van der Waals surface area contributed by atoms with Gasteiger partial charge in [-0.1, -0.05) is 19.9 Å². The van der Waals surface area contributed by atoms with Gasteiger partial charge in [0, 0.05) is 30.1 Å². The molecule has 0 amide bonds. The van der Waals surface area contributed by atoms with Gasteiger partial charge in [-0.25, -0.2) is 0 Å². The molecule has 1 heterocycles. The van der Waals surface area contributed by atoms with Crippen molar-refractivity contribution in [1.29, 1.82) is 0 Å². The molecule has 1 aromatic heterocycles. The van der Waals surface area contributed by atoms with E-state index < -0.39 is 0 Å². The molecule has 0 radical (unpaired) electrons. The first-order valence-electron chi connectivity index (χ1n) is 6.49. The number of nitrogens with zero attached hydrogens (tertiary/aromatic N) is 1. The maximum Gasteiger partial charge on any atom is 0.0386 e. The van der Waals surface area contributed by atoms with Crippen molar-refractivity contribution < 1.29 is 0 Å². The zero-order valence-corrected chi connectivity index (χ0v) is 12.6. The molecule has 0 bridgehead atoms. The molecule has 98 valence electrons. The van der Waals surface area contributed by atoms with Gasteiger partial charge >= 0.3 is 0 Å². The summed E-state index contributed by atoms with van der Waals surface area (Å²) in [6.07, 6.45) is 0. The third-order valence-electron chi connectivity index (χ3n) is 3.55. The predicted octanol–water partition coefficient (Wildman–Crippen LogP) is 3.38. The molecular formula is C14H26N2S. The zero-order chi connectivity index (χ0) is 12.8. The molecular weight excluding hydrogens is 228 g/mol. The van der Waals surface area contributed by atoms with E-state index in [1.54, 1.807) is 0 Å². The Labute approximate surface area is 110 Å². The Kier molecular flexibility index (Phi) is 6.17. The fourth-order valence-corrected chi connectivity index (χ4v) is 2.57. The molecule has 1 aromatic rings. The highest BCUT2D eigenvalue weighted by molar-refractivity contribution is 7.10. The van der Waals surface area contributed by atoms with Gasteiger partial charge in [-0.15, -0.1) is 11.3 Å². The summed E-state index contributed by atoms with van der Waals surface area (Å²) in [5, 5.41) is 5.72. The van der Waals surface area contributed by atoms with Crippen LogP contribution in [0.25, 0.3) is 0 Å². The Morgan fingerprint density at radius 3 is 2.53 bits per heavy atom. The van der Waals surface area contributed by atoms with E-state index in [0.717, 1.165) is 19.0 Å². The van der Waals surface area contributed by atoms with Crippen LogP contribution in [0.1, 0.15) is 38.6 Å². The second kappa shape index (κ2) is 7.14.